The molecule has 8 nitrogen and oxygen atoms in total. The molecule has 1 aromatic heterocycles. The number of Topliss-reactive ketones (excluding diaryl/α,β-unsaturated/α-hetero) is 1. The molecule has 1 aliphatic rings. The van der Waals surface area contributed by atoms with Gasteiger partial charge in [-0.15, -0.1) is 10.2 Å². The lowest BCUT2D eigenvalue weighted by Crippen LogP contribution is -1.92. The van der Waals surface area contributed by atoms with Crippen LogP contribution in [0.15, 0.2) is 40.0 Å². The Bertz CT molecular complexity index is 579. The average Bonchev–Trinajstić information content (AvgIpc) is 2.67. The lowest BCUT2D eigenvalue weighted by Gasteiger charge is -1.93. The molecule has 1 aromatic rings. The largest absolute Gasteiger partial charge is 0.510 e. The zero-order valence-corrected chi connectivity index (χ0v) is 9.11. The first-order chi connectivity index (χ1) is 8.58. The smallest absolute Gasteiger partial charge is 0.274 e. The number of pyridine rings is 1. The van der Waals surface area contributed by atoms with Gasteiger partial charge in [0.05, 0.1) is 11.0 Å². The van der Waals surface area contributed by atoms with Gasteiger partial charge in [-0.1, -0.05) is 0 Å². The van der Waals surface area contributed by atoms with Crippen LogP contribution in [0, 0.1) is 10.1 Å². The van der Waals surface area contributed by atoms with Crippen molar-refractivity contribution >= 4 is 17.3 Å². The second-order valence-corrected chi connectivity index (χ2v) is 3.55. The summed E-state index contributed by atoms with van der Waals surface area (Å²) in [4.78, 5) is 25.0. The van der Waals surface area contributed by atoms with Crippen LogP contribution in [0.4, 0.5) is 11.5 Å². The predicted molar refractivity (Wildman–Crippen MR) is 59.3 cm³/mol. The van der Waals surface area contributed by atoms with Gasteiger partial charge in [0.25, 0.3) is 5.69 Å². The number of hydrogen-bond acceptors (Lipinski definition) is 7. The van der Waals surface area contributed by atoms with Crippen LogP contribution < -0.4 is 0 Å². The Kier molecular flexibility index (Phi) is 3.09. The van der Waals surface area contributed by atoms with Crippen LogP contribution in [0.2, 0.25) is 0 Å². The van der Waals surface area contributed by atoms with Gasteiger partial charge in [-0.2, -0.15) is 0 Å². The summed E-state index contributed by atoms with van der Waals surface area (Å²) in [6.45, 7) is 0. The third-order valence-corrected chi connectivity index (χ3v) is 2.32. The van der Waals surface area contributed by atoms with Gasteiger partial charge in [-0.3, -0.25) is 14.9 Å². The van der Waals surface area contributed by atoms with Crippen LogP contribution in [0.3, 0.4) is 0 Å². The van der Waals surface area contributed by atoms with Gasteiger partial charge in [0.2, 0.25) is 0 Å². The highest BCUT2D eigenvalue weighted by atomic mass is 16.6. The van der Waals surface area contributed by atoms with E-state index in [-0.39, 0.29) is 41.6 Å². The maximum atomic E-state index is 11.3. The van der Waals surface area contributed by atoms with E-state index in [9.17, 15) is 20.0 Å². The van der Waals surface area contributed by atoms with Crippen molar-refractivity contribution < 1.29 is 14.8 Å². The van der Waals surface area contributed by atoms with E-state index >= 15 is 0 Å². The van der Waals surface area contributed by atoms with Crippen molar-refractivity contribution in [1.82, 2.24) is 4.98 Å². The number of rotatable bonds is 3. The number of allylic oxidation sites excluding steroid dienone is 2. The van der Waals surface area contributed by atoms with Gasteiger partial charge in [0.15, 0.2) is 17.3 Å². The highest BCUT2D eigenvalue weighted by molar-refractivity contribution is 5.97. The first kappa shape index (κ1) is 11.8. The topological polar surface area (TPSA) is 118 Å². The summed E-state index contributed by atoms with van der Waals surface area (Å²) < 4.78 is 0. The van der Waals surface area contributed by atoms with Crippen molar-refractivity contribution in [2.24, 2.45) is 10.2 Å². The molecule has 0 saturated carbocycles. The summed E-state index contributed by atoms with van der Waals surface area (Å²) in [5.74, 6) is -0.417. The Morgan fingerprint density at radius 3 is 2.78 bits per heavy atom. The standard InChI is InChI=1S/C10H8N4O4/c15-7-1-2-8(16)10(7)13-12-9-5-6(14(17)18)3-4-11-9/h3-5,15H,1-2H2. The molecule has 0 aromatic carbocycles. The van der Waals surface area contributed by atoms with Gasteiger partial charge in [-0.05, 0) is 0 Å². The Labute approximate surface area is 101 Å². The third-order valence-electron chi connectivity index (χ3n) is 2.32. The van der Waals surface area contributed by atoms with Crippen LogP contribution in [-0.2, 0) is 4.79 Å². The van der Waals surface area contributed by atoms with Crippen molar-refractivity contribution in [3.8, 4) is 0 Å². The van der Waals surface area contributed by atoms with Gasteiger partial charge in [0.1, 0.15) is 5.76 Å². The number of nitrogens with zero attached hydrogens (tertiary/aromatic N) is 4. The molecule has 1 aliphatic carbocycles. The number of azo groups is 1. The minimum atomic E-state index is -0.585. The molecule has 0 bridgehead atoms. The molecule has 2 rings (SSSR count). The summed E-state index contributed by atoms with van der Waals surface area (Å²) in [5, 5.41) is 27.1. The highest BCUT2D eigenvalue weighted by Gasteiger charge is 2.22. The first-order valence-corrected chi connectivity index (χ1v) is 5.05. The molecule has 0 radical (unpaired) electrons. The maximum Gasteiger partial charge on any atom is 0.274 e. The molecule has 8 heteroatoms. The minimum Gasteiger partial charge on any atom is -0.510 e. The summed E-state index contributed by atoms with van der Waals surface area (Å²) in [7, 11) is 0. The second-order valence-electron chi connectivity index (χ2n) is 3.55. The number of carbonyl (C=O) groups excluding carboxylic acids is 1. The Balaban J connectivity index is 2.24. The van der Waals surface area contributed by atoms with E-state index in [0.29, 0.717) is 0 Å². The lowest BCUT2D eigenvalue weighted by molar-refractivity contribution is -0.384. The molecule has 1 N–H and O–H groups in total. The SMILES string of the molecule is O=C1CCC(O)=C1N=Nc1cc([N+](=O)[O-])ccn1. The molecular formula is C10H8N4O4. The number of hydrogen-bond donors (Lipinski definition) is 1. The van der Waals surface area contributed by atoms with Crippen LogP contribution in [0.25, 0.3) is 0 Å². The van der Waals surface area contributed by atoms with Crippen molar-refractivity contribution in [2.45, 2.75) is 12.8 Å². The predicted octanol–water partition coefficient (Wildman–Crippen LogP) is 2.21. The molecule has 0 atom stereocenters. The maximum absolute atomic E-state index is 11.3. The van der Waals surface area contributed by atoms with E-state index in [2.05, 4.69) is 15.2 Å². The van der Waals surface area contributed by atoms with E-state index in [1.165, 1.54) is 12.3 Å². The fraction of sp³-hybridized carbons (Fsp3) is 0.200. The van der Waals surface area contributed by atoms with Crippen LogP contribution in [-0.4, -0.2) is 20.8 Å². The molecule has 0 fully saturated rings. The zero-order chi connectivity index (χ0) is 13.1. The third kappa shape index (κ3) is 2.37. The van der Waals surface area contributed by atoms with Gasteiger partial charge in [0, 0.05) is 25.1 Å². The molecule has 1 heterocycles. The Hall–Kier alpha value is -2.64. The fourth-order valence-corrected chi connectivity index (χ4v) is 1.42. The summed E-state index contributed by atoms with van der Waals surface area (Å²) >= 11 is 0. The van der Waals surface area contributed by atoms with Crippen molar-refractivity contribution in [1.29, 1.82) is 0 Å². The average molecular weight is 248 g/mol. The van der Waals surface area contributed by atoms with E-state index in [1.54, 1.807) is 0 Å². The number of nitro groups is 1. The zero-order valence-electron chi connectivity index (χ0n) is 9.11. The van der Waals surface area contributed by atoms with Gasteiger partial charge < -0.3 is 5.11 Å². The Morgan fingerprint density at radius 2 is 2.17 bits per heavy atom. The van der Waals surface area contributed by atoms with Crippen LogP contribution >= 0.6 is 0 Å². The van der Waals surface area contributed by atoms with Crippen molar-refractivity contribution in [3.63, 3.8) is 0 Å². The molecule has 0 amide bonds. The summed E-state index contributed by atoms with van der Waals surface area (Å²) in [6.07, 6.45) is 1.66. The summed E-state index contributed by atoms with van der Waals surface area (Å²) in [5.41, 5.74) is -0.279. The molecular weight excluding hydrogens is 240 g/mol. The van der Waals surface area contributed by atoms with Gasteiger partial charge in [-0.25, -0.2) is 4.98 Å². The monoisotopic (exact) mass is 248 g/mol. The molecule has 0 spiro atoms. The van der Waals surface area contributed by atoms with Gasteiger partial charge >= 0.3 is 0 Å². The highest BCUT2D eigenvalue weighted by Crippen LogP contribution is 2.24. The first-order valence-electron chi connectivity index (χ1n) is 5.05. The molecule has 92 valence electrons. The Morgan fingerprint density at radius 1 is 1.39 bits per heavy atom. The lowest BCUT2D eigenvalue weighted by atomic mass is 10.3. The quantitative estimate of drug-likeness (QED) is 0.499. The number of aromatic nitrogens is 1. The van der Waals surface area contributed by atoms with Crippen molar-refractivity contribution in [3.05, 3.63) is 39.9 Å². The minimum absolute atomic E-state index is 0.00389. The molecule has 0 unspecified atom stereocenters. The summed E-state index contributed by atoms with van der Waals surface area (Å²) in [6, 6.07) is 2.34. The van der Waals surface area contributed by atoms with Crippen LogP contribution in [0.1, 0.15) is 12.8 Å². The number of ketones is 1. The molecule has 0 saturated heterocycles. The van der Waals surface area contributed by atoms with E-state index in [0.717, 1.165) is 6.07 Å². The normalized spacial score (nSPS) is 15.7. The fourth-order valence-electron chi connectivity index (χ4n) is 1.42. The van der Waals surface area contributed by atoms with Crippen molar-refractivity contribution in [2.75, 3.05) is 0 Å². The van der Waals surface area contributed by atoms with E-state index in [4.69, 9.17) is 0 Å². The molecule has 0 aliphatic heterocycles. The molecule has 18 heavy (non-hydrogen) atoms. The number of aliphatic hydroxyl groups excluding tert-OH is 1. The van der Waals surface area contributed by atoms with E-state index < -0.39 is 4.92 Å². The number of carbonyl (C=O) groups is 1. The number of aliphatic hydroxyl groups is 1. The van der Waals surface area contributed by atoms with E-state index in [1.807, 2.05) is 0 Å². The second kappa shape index (κ2) is 4.70. The van der Waals surface area contributed by atoms with Crippen LogP contribution in [0.5, 0.6) is 0 Å².